The van der Waals surface area contributed by atoms with E-state index in [0.29, 0.717) is 25.7 Å². The molecular formula is C44H72NO13P. The van der Waals surface area contributed by atoms with Crippen molar-refractivity contribution in [3.05, 3.63) is 72.9 Å². The summed E-state index contributed by atoms with van der Waals surface area (Å²) in [5.74, 6) is -3.53. The highest BCUT2D eigenvalue weighted by atomic mass is 31.2. The molecule has 1 saturated carbocycles. The number of esters is 2. The topological polar surface area (TPSA) is 232 Å². The van der Waals surface area contributed by atoms with Crippen LogP contribution >= 0.6 is 7.82 Å². The SMILES string of the molecule is CCCCC/C=C\C/C=C\C/C=C\C/C=C\CCCC(=O)OC[C@H](COP(=O)(O)OC[C@H](N)C(=O)O)OC(=O)C/C=C\C[C@H]1[C@@H](/C=C/[C@H](O)CCCCC)[C@H](O)C[C@@H]1O. The van der Waals surface area contributed by atoms with Crippen molar-refractivity contribution in [1.29, 1.82) is 0 Å². The lowest BCUT2D eigenvalue weighted by atomic mass is 9.89. The van der Waals surface area contributed by atoms with E-state index >= 15 is 0 Å². The Balaban J connectivity index is 2.62. The summed E-state index contributed by atoms with van der Waals surface area (Å²) in [6.45, 7) is 2.25. The normalized spacial score (nSPS) is 21.3. The molecule has 0 radical (unpaired) electrons. The van der Waals surface area contributed by atoms with Crippen LogP contribution in [0, 0.1) is 11.8 Å². The molecule has 0 aromatic rings. The fraction of sp³-hybridized carbons (Fsp3) is 0.659. The van der Waals surface area contributed by atoms with Crippen LogP contribution < -0.4 is 5.73 Å². The van der Waals surface area contributed by atoms with Gasteiger partial charge in [-0.1, -0.05) is 119 Å². The number of unbranched alkanes of at least 4 members (excludes halogenated alkanes) is 6. The number of carboxylic acid groups (broad SMARTS) is 1. The lowest BCUT2D eigenvalue weighted by molar-refractivity contribution is -0.160. The van der Waals surface area contributed by atoms with Crippen LogP contribution in [0.3, 0.4) is 0 Å². The highest BCUT2D eigenvalue weighted by molar-refractivity contribution is 7.47. The molecule has 0 aromatic carbocycles. The quantitative estimate of drug-likeness (QED) is 0.0161. The van der Waals surface area contributed by atoms with Crippen molar-refractivity contribution in [2.75, 3.05) is 19.8 Å². The van der Waals surface area contributed by atoms with Crippen LogP contribution in [0.25, 0.3) is 0 Å². The minimum atomic E-state index is -4.83. The summed E-state index contributed by atoms with van der Waals surface area (Å²) >= 11 is 0. The first kappa shape index (κ1) is 53.8. The van der Waals surface area contributed by atoms with Gasteiger partial charge in [-0.25, -0.2) is 4.57 Å². The average Bonchev–Trinajstić information content (AvgIpc) is 3.47. The summed E-state index contributed by atoms with van der Waals surface area (Å²) < 4.78 is 32.5. The summed E-state index contributed by atoms with van der Waals surface area (Å²) in [5.41, 5.74) is 5.32. The maximum absolute atomic E-state index is 12.8. The molecule has 0 aliphatic heterocycles. The third-order valence-electron chi connectivity index (χ3n) is 9.53. The Kier molecular flexibility index (Phi) is 30.6. The van der Waals surface area contributed by atoms with Crippen molar-refractivity contribution in [3.63, 3.8) is 0 Å². The highest BCUT2D eigenvalue weighted by Crippen LogP contribution is 2.43. The number of phosphoric acid groups is 1. The molecule has 0 saturated heterocycles. The Hall–Kier alpha value is -3.20. The van der Waals surface area contributed by atoms with Crippen LogP contribution in [0.15, 0.2) is 72.9 Å². The Bertz CT molecular complexity index is 1390. The summed E-state index contributed by atoms with van der Waals surface area (Å²) in [7, 11) is -4.83. The van der Waals surface area contributed by atoms with Crippen LogP contribution in [-0.4, -0.2) is 93.5 Å². The molecule has 8 atom stereocenters. The second-order valence-corrected chi connectivity index (χ2v) is 16.2. The number of hydrogen-bond donors (Lipinski definition) is 6. The van der Waals surface area contributed by atoms with Crippen molar-refractivity contribution >= 4 is 25.7 Å². The maximum atomic E-state index is 12.8. The molecule has 14 nitrogen and oxygen atoms in total. The van der Waals surface area contributed by atoms with Crippen molar-refractivity contribution in [2.24, 2.45) is 17.6 Å². The summed E-state index contributed by atoms with van der Waals surface area (Å²) in [5, 5.41) is 40.2. The number of phosphoric ester groups is 1. The van der Waals surface area contributed by atoms with Crippen molar-refractivity contribution in [2.45, 2.75) is 153 Å². The number of aliphatic hydroxyl groups excluding tert-OH is 3. The monoisotopic (exact) mass is 853 g/mol. The van der Waals surface area contributed by atoms with E-state index in [1.54, 1.807) is 18.2 Å². The minimum Gasteiger partial charge on any atom is -0.480 e. The zero-order valence-electron chi connectivity index (χ0n) is 35.1. The third kappa shape index (κ3) is 28.1. The molecule has 1 aliphatic rings. The number of aliphatic hydroxyl groups is 3. The smallest absolute Gasteiger partial charge is 0.472 e. The number of rotatable bonds is 34. The largest absolute Gasteiger partial charge is 0.480 e. The lowest BCUT2D eigenvalue weighted by Crippen LogP contribution is -2.34. The summed E-state index contributed by atoms with van der Waals surface area (Å²) in [4.78, 5) is 46.2. The highest BCUT2D eigenvalue weighted by Gasteiger charge is 2.39. The van der Waals surface area contributed by atoms with Gasteiger partial charge in [0.05, 0.1) is 37.9 Å². The van der Waals surface area contributed by atoms with Crippen molar-refractivity contribution < 1.29 is 62.8 Å². The first-order valence-corrected chi connectivity index (χ1v) is 22.7. The zero-order chi connectivity index (χ0) is 43.7. The van der Waals surface area contributed by atoms with E-state index in [9.17, 15) is 39.2 Å². The average molecular weight is 854 g/mol. The number of carboxylic acids is 1. The van der Waals surface area contributed by atoms with Crippen molar-refractivity contribution in [3.8, 4) is 0 Å². The molecule has 0 bridgehead atoms. The number of allylic oxidation sites excluding steroid dienone is 9. The fourth-order valence-electron chi connectivity index (χ4n) is 6.09. The molecule has 1 aliphatic carbocycles. The number of hydrogen-bond acceptors (Lipinski definition) is 12. The molecule has 1 fully saturated rings. The van der Waals surface area contributed by atoms with E-state index in [-0.39, 0.29) is 31.1 Å². The molecule has 1 unspecified atom stereocenters. The fourth-order valence-corrected chi connectivity index (χ4v) is 6.87. The van der Waals surface area contributed by atoms with E-state index < -0.39 is 76.0 Å². The predicted molar refractivity (Wildman–Crippen MR) is 228 cm³/mol. The van der Waals surface area contributed by atoms with Gasteiger partial charge >= 0.3 is 25.7 Å². The number of ether oxygens (including phenoxy) is 2. The minimum absolute atomic E-state index is 0.0761. The molecule has 59 heavy (non-hydrogen) atoms. The van der Waals surface area contributed by atoms with Crippen LogP contribution in [0.5, 0.6) is 0 Å². The molecule has 0 spiro atoms. The Morgan fingerprint density at radius 3 is 1.98 bits per heavy atom. The van der Waals surface area contributed by atoms with Gasteiger partial charge in [0.1, 0.15) is 12.6 Å². The number of carbonyl (C=O) groups excluding carboxylic acids is 2. The molecule has 15 heteroatoms. The number of nitrogens with two attached hydrogens (primary N) is 1. The van der Waals surface area contributed by atoms with Crippen LogP contribution in [0.2, 0.25) is 0 Å². The van der Waals surface area contributed by atoms with Crippen LogP contribution in [-0.2, 0) is 37.5 Å². The van der Waals surface area contributed by atoms with Crippen molar-refractivity contribution in [1.82, 2.24) is 0 Å². The van der Waals surface area contributed by atoms with Gasteiger partial charge in [0, 0.05) is 18.8 Å². The van der Waals surface area contributed by atoms with E-state index in [4.69, 9.17) is 24.8 Å². The van der Waals surface area contributed by atoms with Crippen LogP contribution in [0.4, 0.5) is 0 Å². The van der Waals surface area contributed by atoms with E-state index in [1.165, 1.54) is 25.3 Å². The molecule has 336 valence electrons. The third-order valence-corrected chi connectivity index (χ3v) is 10.5. The van der Waals surface area contributed by atoms with Gasteiger partial charge in [0.2, 0.25) is 0 Å². The Morgan fingerprint density at radius 1 is 0.763 bits per heavy atom. The van der Waals surface area contributed by atoms with E-state index in [2.05, 4.69) is 54.8 Å². The summed E-state index contributed by atoms with van der Waals surface area (Å²) in [6.07, 6.45) is 32.5. The lowest BCUT2D eigenvalue weighted by Gasteiger charge is -2.20. The van der Waals surface area contributed by atoms with Gasteiger partial charge in [-0.3, -0.25) is 23.4 Å². The van der Waals surface area contributed by atoms with Gasteiger partial charge in [-0.05, 0) is 63.7 Å². The number of aliphatic carboxylic acids is 1. The second-order valence-electron chi connectivity index (χ2n) is 14.8. The Labute approximate surface area is 351 Å². The predicted octanol–water partition coefficient (Wildman–Crippen LogP) is 7.32. The number of carbonyl (C=O) groups is 3. The molecule has 7 N–H and O–H groups in total. The maximum Gasteiger partial charge on any atom is 0.472 e. The van der Waals surface area contributed by atoms with E-state index in [1.807, 2.05) is 12.2 Å². The molecular weight excluding hydrogens is 781 g/mol. The standard InChI is InChI=1S/C44H72NO13P/c1-3-5-7-8-9-10-11-12-13-14-15-16-17-18-19-20-22-27-42(49)55-32-36(33-56-59(53,54)57-34-39(45)44(51)52)58-43(50)28-24-23-26-37-38(41(48)31-40(37)47)30-29-35(46)25-21-6-4-2/h9-10,12-13,15-16,18-19,23-24,29-30,35-41,46-48H,3-8,11,14,17,20-22,25-28,31-34,45H2,1-2H3,(H,51,52)(H,53,54)/b10-9-,13-12-,16-15-,19-18-,24-23-,30-29+/t35-,36-,37+,38-,39+,40+,41-/m1/s1. The molecule has 0 aromatic heterocycles. The first-order chi connectivity index (χ1) is 28.3. The molecule has 0 amide bonds. The second kappa shape index (κ2) is 33.5. The van der Waals surface area contributed by atoms with Gasteiger partial charge < -0.3 is 40.5 Å². The zero-order valence-corrected chi connectivity index (χ0v) is 36.0. The van der Waals surface area contributed by atoms with Crippen LogP contribution in [0.1, 0.15) is 123 Å². The van der Waals surface area contributed by atoms with Gasteiger partial charge in [-0.2, -0.15) is 0 Å². The van der Waals surface area contributed by atoms with E-state index in [0.717, 1.165) is 44.9 Å². The van der Waals surface area contributed by atoms with Gasteiger partial charge in [0.15, 0.2) is 6.10 Å². The molecule has 0 heterocycles. The molecule has 1 rings (SSSR count). The Morgan fingerprint density at radius 2 is 1.36 bits per heavy atom. The van der Waals surface area contributed by atoms with Gasteiger partial charge in [0.25, 0.3) is 0 Å². The summed E-state index contributed by atoms with van der Waals surface area (Å²) in [6, 6.07) is -1.58. The first-order valence-electron chi connectivity index (χ1n) is 21.2. The van der Waals surface area contributed by atoms with Gasteiger partial charge in [-0.15, -0.1) is 0 Å².